The molecule has 0 saturated carbocycles. The number of rotatable bonds is 3. The molecule has 0 unspecified atom stereocenters. The van der Waals surface area contributed by atoms with Crippen molar-refractivity contribution in [1.29, 1.82) is 0 Å². The van der Waals surface area contributed by atoms with Crippen molar-refractivity contribution in [1.82, 2.24) is 14.9 Å². The Bertz CT molecular complexity index is 1200. The number of likely N-dealkylation sites (N-methyl/N-ethyl adjacent to an activating group) is 1. The molecule has 0 aliphatic carbocycles. The minimum Gasteiger partial charge on any atom is -0.458 e. The molecule has 7 nitrogen and oxygen atoms in total. The van der Waals surface area contributed by atoms with Crippen molar-refractivity contribution in [2.24, 2.45) is 0 Å². The summed E-state index contributed by atoms with van der Waals surface area (Å²) >= 11 is 0. The molecule has 5 rings (SSSR count). The Morgan fingerprint density at radius 3 is 2.93 bits per heavy atom. The van der Waals surface area contributed by atoms with Crippen LogP contribution in [0.25, 0.3) is 22.3 Å². The van der Waals surface area contributed by atoms with Gasteiger partial charge in [0.25, 0.3) is 5.56 Å². The average molecular weight is 377 g/mol. The molecule has 1 atom stereocenters. The van der Waals surface area contributed by atoms with E-state index in [1.54, 1.807) is 10.6 Å². The van der Waals surface area contributed by atoms with Gasteiger partial charge in [0.1, 0.15) is 6.61 Å². The van der Waals surface area contributed by atoms with Gasteiger partial charge in [0.15, 0.2) is 6.10 Å². The summed E-state index contributed by atoms with van der Waals surface area (Å²) in [6, 6.07) is 9.67. The first-order valence-corrected chi connectivity index (χ1v) is 9.27. The second-order valence-electron chi connectivity index (χ2n) is 7.15. The molecule has 2 N–H and O–H groups in total. The highest BCUT2D eigenvalue weighted by Crippen LogP contribution is 2.37. The van der Waals surface area contributed by atoms with Gasteiger partial charge in [-0.3, -0.25) is 4.79 Å². The van der Waals surface area contributed by atoms with Crippen LogP contribution in [0.2, 0.25) is 0 Å². The second-order valence-corrected chi connectivity index (χ2v) is 7.15. The zero-order chi connectivity index (χ0) is 19.4. The molecule has 2 aliphatic heterocycles. The van der Waals surface area contributed by atoms with Crippen LogP contribution in [0.5, 0.6) is 0 Å². The zero-order valence-corrected chi connectivity index (χ0v) is 15.4. The number of nitrogens with zero attached hydrogens (tertiary/aromatic N) is 2. The highest BCUT2D eigenvalue weighted by Gasteiger charge is 2.34. The van der Waals surface area contributed by atoms with E-state index < -0.39 is 12.1 Å². The Hall–Kier alpha value is -3.03. The van der Waals surface area contributed by atoms with Gasteiger partial charge in [-0.1, -0.05) is 18.2 Å². The van der Waals surface area contributed by atoms with Crippen LogP contribution in [-0.4, -0.2) is 34.2 Å². The minimum atomic E-state index is -1.43. The lowest BCUT2D eigenvalue weighted by Crippen LogP contribution is -2.32. The first-order chi connectivity index (χ1) is 13.6. The molecule has 0 bridgehead atoms. The number of hydrogen-bond acceptors (Lipinski definition) is 6. The number of pyridine rings is 2. The summed E-state index contributed by atoms with van der Waals surface area (Å²) in [6.07, 6.45) is -0.621. The molecule has 28 heavy (non-hydrogen) atoms. The minimum absolute atomic E-state index is 0.108. The van der Waals surface area contributed by atoms with E-state index in [1.807, 2.05) is 25.2 Å². The molecule has 0 saturated heterocycles. The van der Waals surface area contributed by atoms with E-state index in [9.17, 15) is 14.7 Å². The summed E-state index contributed by atoms with van der Waals surface area (Å²) < 4.78 is 6.62. The maximum atomic E-state index is 13.1. The van der Waals surface area contributed by atoms with Crippen LogP contribution >= 0.6 is 0 Å². The van der Waals surface area contributed by atoms with Gasteiger partial charge in [-0.25, -0.2) is 9.78 Å². The standard InChI is InChI=1S/C21H19N3O4/c1-22-7-6-11-12-4-2-3-5-16(12)23-18-14(11)9-24-17(18)8-13-15(20(24)26)10-28-21(27)19(13)25/h2-5,8,19,22,25H,6-7,9-10H2,1H3/t19-/m0/s1. The Morgan fingerprint density at radius 2 is 2.11 bits per heavy atom. The number of esters is 1. The number of ether oxygens (including phenoxy) is 1. The molecule has 0 fully saturated rings. The number of aliphatic hydroxyl groups is 1. The summed E-state index contributed by atoms with van der Waals surface area (Å²) in [7, 11) is 1.91. The number of fused-ring (bicyclic) bond motifs is 5. The van der Waals surface area contributed by atoms with Crippen LogP contribution in [0.3, 0.4) is 0 Å². The number of cyclic esters (lactones) is 1. The fourth-order valence-corrected chi connectivity index (χ4v) is 4.20. The lowest BCUT2D eigenvalue weighted by molar-refractivity contribution is -0.157. The topological polar surface area (TPSA) is 93.5 Å². The molecule has 0 amide bonds. The summed E-state index contributed by atoms with van der Waals surface area (Å²) in [5, 5.41) is 14.5. The van der Waals surface area contributed by atoms with Crippen LogP contribution < -0.4 is 10.9 Å². The number of benzene rings is 1. The number of aliphatic hydroxyl groups excluding tert-OH is 1. The van der Waals surface area contributed by atoms with E-state index in [2.05, 4.69) is 11.4 Å². The predicted molar refractivity (Wildman–Crippen MR) is 103 cm³/mol. The van der Waals surface area contributed by atoms with E-state index >= 15 is 0 Å². The fraction of sp³-hybridized carbons (Fsp3) is 0.286. The van der Waals surface area contributed by atoms with Crippen molar-refractivity contribution < 1.29 is 14.6 Å². The van der Waals surface area contributed by atoms with Gasteiger partial charge >= 0.3 is 5.97 Å². The first kappa shape index (κ1) is 17.1. The first-order valence-electron chi connectivity index (χ1n) is 9.27. The Kier molecular flexibility index (Phi) is 3.82. The average Bonchev–Trinajstić information content (AvgIpc) is 3.07. The molecule has 0 radical (unpaired) electrons. The van der Waals surface area contributed by atoms with Gasteiger partial charge in [-0.05, 0) is 37.7 Å². The lowest BCUT2D eigenvalue weighted by Gasteiger charge is -2.21. The summed E-state index contributed by atoms with van der Waals surface area (Å²) in [5.74, 6) is -0.726. The van der Waals surface area contributed by atoms with Crippen molar-refractivity contribution in [2.75, 3.05) is 13.6 Å². The van der Waals surface area contributed by atoms with Crippen molar-refractivity contribution in [3.8, 4) is 11.4 Å². The Balaban J connectivity index is 1.78. The molecule has 2 aliphatic rings. The van der Waals surface area contributed by atoms with Crippen LogP contribution in [0, 0.1) is 0 Å². The van der Waals surface area contributed by atoms with E-state index in [4.69, 9.17) is 9.72 Å². The quantitative estimate of drug-likeness (QED) is 0.523. The molecule has 7 heteroatoms. The van der Waals surface area contributed by atoms with Gasteiger partial charge in [0.05, 0.1) is 29.0 Å². The van der Waals surface area contributed by atoms with Crippen LogP contribution in [0.4, 0.5) is 0 Å². The molecule has 3 aromatic rings. The molecule has 1 aromatic carbocycles. The van der Waals surface area contributed by atoms with Gasteiger partial charge in [0, 0.05) is 16.5 Å². The third-order valence-electron chi connectivity index (χ3n) is 5.61. The monoisotopic (exact) mass is 377 g/mol. The third-order valence-corrected chi connectivity index (χ3v) is 5.61. The third kappa shape index (κ3) is 2.33. The SMILES string of the molecule is CNCCc1c2c(nc3ccccc13)-c1cc3c(c(=O)n1C2)COC(=O)[C@H]3O. The van der Waals surface area contributed by atoms with Crippen LogP contribution in [0.1, 0.15) is 28.4 Å². The predicted octanol–water partition coefficient (Wildman–Crippen LogP) is 1.28. The van der Waals surface area contributed by atoms with Gasteiger partial charge in [0.2, 0.25) is 0 Å². The normalized spacial score (nSPS) is 17.2. The molecular weight excluding hydrogens is 358 g/mol. The van der Waals surface area contributed by atoms with E-state index in [-0.39, 0.29) is 12.2 Å². The number of carbonyl (C=O) groups is 1. The van der Waals surface area contributed by atoms with Crippen molar-refractivity contribution in [2.45, 2.75) is 25.7 Å². The maximum Gasteiger partial charge on any atom is 0.340 e. The van der Waals surface area contributed by atoms with E-state index in [0.717, 1.165) is 35.1 Å². The maximum absolute atomic E-state index is 13.1. The Labute approximate surface area is 160 Å². The highest BCUT2D eigenvalue weighted by molar-refractivity contribution is 5.88. The molecule has 0 spiro atoms. The van der Waals surface area contributed by atoms with Crippen LogP contribution in [-0.2, 0) is 29.1 Å². The molecule has 4 heterocycles. The fourth-order valence-electron chi connectivity index (χ4n) is 4.20. The summed E-state index contributed by atoms with van der Waals surface area (Å²) in [5.41, 5.74) is 4.88. The van der Waals surface area contributed by atoms with E-state index in [1.165, 1.54) is 5.56 Å². The lowest BCUT2D eigenvalue weighted by atomic mass is 9.97. The van der Waals surface area contributed by atoms with Gasteiger partial charge in [-0.2, -0.15) is 0 Å². The van der Waals surface area contributed by atoms with Gasteiger partial charge in [-0.15, -0.1) is 0 Å². The number of nitrogens with one attached hydrogen (secondary N) is 1. The Morgan fingerprint density at radius 1 is 1.29 bits per heavy atom. The number of carbonyl (C=O) groups excluding carboxylic acids is 1. The number of aromatic nitrogens is 2. The highest BCUT2D eigenvalue weighted by atomic mass is 16.5. The smallest absolute Gasteiger partial charge is 0.340 e. The van der Waals surface area contributed by atoms with E-state index in [0.29, 0.717) is 23.4 Å². The largest absolute Gasteiger partial charge is 0.458 e. The van der Waals surface area contributed by atoms with Crippen molar-refractivity contribution in [3.63, 3.8) is 0 Å². The van der Waals surface area contributed by atoms with Crippen molar-refractivity contribution in [3.05, 3.63) is 62.9 Å². The molecule has 142 valence electrons. The molecule has 2 aromatic heterocycles. The second kappa shape index (κ2) is 6.25. The zero-order valence-electron chi connectivity index (χ0n) is 15.4. The molecular formula is C21H19N3O4. The number of hydrogen-bond donors (Lipinski definition) is 2. The number of para-hydroxylation sites is 1. The van der Waals surface area contributed by atoms with Gasteiger partial charge < -0.3 is 19.7 Å². The summed E-state index contributed by atoms with van der Waals surface area (Å²) in [6.45, 7) is 1.13. The summed E-state index contributed by atoms with van der Waals surface area (Å²) in [4.78, 5) is 29.6. The van der Waals surface area contributed by atoms with Crippen molar-refractivity contribution >= 4 is 16.9 Å². The van der Waals surface area contributed by atoms with Crippen LogP contribution in [0.15, 0.2) is 35.1 Å².